The van der Waals surface area contributed by atoms with Gasteiger partial charge in [0.25, 0.3) is 0 Å². The molecule has 1 radical (unpaired) electrons. The maximum Gasteiger partial charge on any atom is 0.360 e. The van der Waals surface area contributed by atoms with Crippen LogP contribution in [0.1, 0.15) is 16.1 Å². The highest BCUT2D eigenvalue weighted by atomic mass is 16.5. The van der Waals surface area contributed by atoms with Crippen LogP contribution in [0.15, 0.2) is 12.2 Å². The molecule has 5 heteroatoms. The van der Waals surface area contributed by atoms with E-state index in [2.05, 4.69) is 9.72 Å². The van der Waals surface area contributed by atoms with E-state index in [4.69, 9.17) is 0 Å². The van der Waals surface area contributed by atoms with E-state index < -0.39 is 5.97 Å². The minimum atomic E-state index is -0.634. The minimum absolute atomic E-state index is 0.0498. The molecule has 0 saturated carbocycles. The zero-order chi connectivity index (χ0) is 10.1. The molecule has 1 N–H and O–H groups in total. The first-order chi connectivity index (χ1) is 6.74. The molecule has 1 aromatic heterocycles. The Morgan fingerprint density at radius 3 is 3.14 bits per heavy atom. The Morgan fingerprint density at radius 1 is 1.64 bits per heavy atom. The quantitative estimate of drug-likeness (QED) is 0.493. The third-order valence-corrected chi connectivity index (χ3v) is 2.04. The highest BCUT2D eigenvalue weighted by Gasteiger charge is 2.20. The fraction of sp³-hybridized carbons (Fsp3) is 0.111. The first-order valence-corrected chi connectivity index (χ1v) is 4.05. The highest BCUT2D eigenvalue weighted by molar-refractivity contribution is 6.62. The first kappa shape index (κ1) is 8.81. The smallest absolute Gasteiger partial charge is 0.360 e. The zero-order valence-electron chi connectivity index (χ0n) is 7.52. The van der Waals surface area contributed by atoms with E-state index in [1.807, 2.05) is 7.28 Å². The summed E-state index contributed by atoms with van der Waals surface area (Å²) in [6, 6.07) is 0. The van der Waals surface area contributed by atoms with E-state index in [1.54, 1.807) is 12.1 Å². The SMILES string of the molecule is COC(=O)c1ncc2c(c1O)C=C[B]2. The van der Waals surface area contributed by atoms with Gasteiger partial charge in [-0.1, -0.05) is 11.5 Å². The summed E-state index contributed by atoms with van der Waals surface area (Å²) >= 11 is 0. The van der Waals surface area contributed by atoms with Gasteiger partial charge in [-0.05, 0) is 0 Å². The lowest BCUT2D eigenvalue weighted by atomic mass is 9.74. The van der Waals surface area contributed by atoms with Crippen molar-refractivity contribution in [3.05, 3.63) is 23.4 Å². The van der Waals surface area contributed by atoms with E-state index in [1.165, 1.54) is 13.3 Å². The number of carbonyl (C=O) groups excluding carboxylic acids is 1. The lowest BCUT2D eigenvalue weighted by Crippen LogP contribution is -2.16. The number of rotatable bonds is 1. The third-order valence-electron chi connectivity index (χ3n) is 2.04. The number of hydrogen-bond donors (Lipinski definition) is 1. The molecule has 0 aliphatic carbocycles. The van der Waals surface area contributed by atoms with Gasteiger partial charge in [-0.3, -0.25) is 0 Å². The number of methoxy groups -OCH3 is 1. The highest BCUT2D eigenvalue weighted by Crippen LogP contribution is 2.22. The Bertz CT molecular complexity index is 428. The van der Waals surface area contributed by atoms with Crippen molar-refractivity contribution in [2.75, 3.05) is 7.11 Å². The molecule has 1 aliphatic rings. The molecule has 2 heterocycles. The van der Waals surface area contributed by atoms with Crippen molar-refractivity contribution >= 4 is 24.8 Å². The summed E-state index contributed by atoms with van der Waals surface area (Å²) in [4.78, 5) is 15.0. The summed E-state index contributed by atoms with van der Waals surface area (Å²) < 4.78 is 4.48. The van der Waals surface area contributed by atoms with E-state index in [0.717, 1.165) is 5.46 Å². The molecule has 14 heavy (non-hydrogen) atoms. The van der Waals surface area contributed by atoms with Crippen LogP contribution >= 0.6 is 0 Å². The molecule has 4 nitrogen and oxygen atoms in total. The first-order valence-electron chi connectivity index (χ1n) is 4.05. The van der Waals surface area contributed by atoms with Gasteiger partial charge in [0.2, 0.25) is 0 Å². The number of esters is 1. The van der Waals surface area contributed by atoms with Crippen LogP contribution in [0.4, 0.5) is 0 Å². The molecular formula is C9H7BNO3. The summed E-state index contributed by atoms with van der Waals surface area (Å²) in [7, 11) is 3.06. The number of pyridine rings is 1. The molecule has 0 fully saturated rings. The Morgan fingerprint density at radius 2 is 2.43 bits per heavy atom. The average molecular weight is 188 g/mol. The number of carbonyl (C=O) groups is 1. The van der Waals surface area contributed by atoms with E-state index >= 15 is 0 Å². The molecule has 0 atom stereocenters. The molecule has 2 rings (SSSR count). The van der Waals surface area contributed by atoms with E-state index in [0.29, 0.717) is 5.56 Å². The second-order valence-electron chi connectivity index (χ2n) is 2.84. The monoisotopic (exact) mass is 188 g/mol. The topological polar surface area (TPSA) is 59.4 Å². The van der Waals surface area contributed by atoms with Gasteiger partial charge in [-0.25, -0.2) is 9.78 Å². The van der Waals surface area contributed by atoms with Crippen molar-refractivity contribution in [1.29, 1.82) is 0 Å². The Kier molecular flexibility index (Phi) is 2.00. The molecule has 0 amide bonds. The van der Waals surface area contributed by atoms with Gasteiger partial charge in [-0.2, -0.15) is 0 Å². The Labute approximate surface area is 81.5 Å². The lowest BCUT2D eigenvalue weighted by molar-refractivity contribution is 0.0590. The van der Waals surface area contributed by atoms with E-state index in [-0.39, 0.29) is 11.4 Å². The summed E-state index contributed by atoms with van der Waals surface area (Å²) in [5, 5.41) is 9.68. The van der Waals surface area contributed by atoms with Crippen LogP contribution in [-0.4, -0.2) is 30.4 Å². The lowest BCUT2D eigenvalue weighted by Gasteiger charge is -2.05. The van der Waals surface area contributed by atoms with Crippen LogP contribution in [0.5, 0.6) is 5.75 Å². The minimum Gasteiger partial charge on any atom is -0.505 e. The molecule has 0 aromatic carbocycles. The van der Waals surface area contributed by atoms with Crippen molar-refractivity contribution < 1.29 is 14.6 Å². The number of aromatic nitrogens is 1. The van der Waals surface area contributed by atoms with Crippen molar-refractivity contribution in [1.82, 2.24) is 4.98 Å². The van der Waals surface area contributed by atoms with Crippen LogP contribution in [-0.2, 0) is 4.74 Å². The van der Waals surface area contributed by atoms with Crippen molar-refractivity contribution in [3.63, 3.8) is 0 Å². The van der Waals surface area contributed by atoms with Gasteiger partial charge in [0, 0.05) is 11.8 Å². The summed E-state index contributed by atoms with van der Waals surface area (Å²) in [5.74, 6) is 1.03. The van der Waals surface area contributed by atoms with Crippen LogP contribution in [0, 0.1) is 0 Å². The summed E-state index contributed by atoms with van der Waals surface area (Å²) in [6.07, 6.45) is 3.25. The molecule has 69 valence electrons. The van der Waals surface area contributed by atoms with Gasteiger partial charge < -0.3 is 9.84 Å². The number of fused-ring (bicyclic) bond motifs is 1. The molecular weight excluding hydrogens is 181 g/mol. The second-order valence-corrected chi connectivity index (χ2v) is 2.84. The predicted molar refractivity (Wildman–Crippen MR) is 51.7 cm³/mol. The van der Waals surface area contributed by atoms with Gasteiger partial charge >= 0.3 is 5.97 Å². The second kappa shape index (κ2) is 3.18. The Balaban J connectivity index is 2.54. The Hall–Kier alpha value is -1.78. The van der Waals surface area contributed by atoms with E-state index in [9.17, 15) is 9.90 Å². The molecule has 0 spiro atoms. The average Bonchev–Trinajstić information content (AvgIpc) is 2.66. The normalized spacial score (nSPS) is 12.1. The van der Waals surface area contributed by atoms with Crippen molar-refractivity contribution in [3.8, 4) is 5.75 Å². The van der Waals surface area contributed by atoms with Crippen LogP contribution < -0.4 is 5.46 Å². The van der Waals surface area contributed by atoms with Crippen molar-refractivity contribution in [2.45, 2.75) is 0 Å². The third kappa shape index (κ3) is 1.17. The molecule has 1 aliphatic heterocycles. The van der Waals surface area contributed by atoms with Crippen LogP contribution in [0.3, 0.4) is 0 Å². The molecule has 1 aromatic rings. The number of ether oxygens (including phenoxy) is 1. The molecule has 0 bridgehead atoms. The number of aromatic hydroxyl groups is 1. The molecule has 0 saturated heterocycles. The van der Waals surface area contributed by atoms with Gasteiger partial charge in [0.15, 0.2) is 18.7 Å². The van der Waals surface area contributed by atoms with Gasteiger partial charge in [0.1, 0.15) is 0 Å². The van der Waals surface area contributed by atoms with Gasteiger partial charge in [-0.15, -0.1) is 5.98 Å². The molecule has 0 unspecified atom stereocenters. The maximum atomic E-state index is 11.2. The summed E-state index contributed by atoms with van der Waals surface area (Å²) in [5.41, 5.74) is 1.36. The van der Waals surface area contributed by atoms with Crippen LogP contribution in [0.2, 0.25) is 0 Å². The predicted octanol–water partition coefficient (Wildman–Crippen LogP) is -0.112. The van der Waals surface area contributed by atoms with Crippen LogP contribution in [0.25, 0.3) is 6.08 Å². The van der Waals surface area contributed by atoms with Crippen molar-refractivity contribution in [2.24, 2.45) is 0 Å². The summed E-state index contributed by atoms with van der Waals surface area (Å²) in [6.45, 7) is 0. The fourth-order valence-corrected chi connectivity index (χ4v) is 1.33. The number of hydrogen-bond acceptors (Lipinski definition) is 4. The van der Waals surface area contributed by atoms with Gasteiger partial charge in [0.05, 0.1) is 7.11 Å². The zero-order valence-corrected chi connectivity index (χ0v) is 7.52. The largest absolute Gasteiger partial charge is 0.505 e. The fourth-order valence-electron chi connectivity index (χ4n) is 1.33. The maximum absolute atomic E-state index is 11.2. The standard InChI is InChI=1S/C9H7BNO3/c1-14-9(13)7-8(12)5-2-3-10-6(5)4-11-7/h2-4,12H,1H3. The number of nitrogens with zero attached hydrogens (tertiary/aromatic N) is 1.